The number of morpholine rings is 2. The molecule has 9 nitrogen and oxygen atoms in total. The predicted molar refractivity (Wildman–Crippen MR) is 146 cm³/mol. The molecule has 4 heterocycles. The Labute approximate surface area is 221 Å². The van der Waals surface area contributed by atoms with E-state index in [2.05, 4.69) is 37.9 Å². The van der Waals surface area contributed by atoms with Crippen molar-refractivity contribution in [2.45, 2.75) is 6.54 Å². The van der Waals surface area contributed by atoms with Gasteiger partial charge in [0.1, 0.15) is 5.82 Å². The number of nitrogens with zero attached hydrogens (tertiary/aromatic N) is 6. The minimum Gasteiger partial charge on any atom is -0.379 e. The fraction of sp³-hybridized carbons (Fsp3) is 0.370. The third kappa shape index (κ3) is 5.70. The Morgan fingerprint density at radius 2 is 1.59 bits per heavy atom. The third-order valence-corrected chi connectivity index (χ3v) is 7.05. The molecule has 0 amide bonds. The van der Waals surface area contributed by atoms with Crippen molar-refractivity contribution in [2.24, 2.45) is 0 Å². The van der Waals surface area contributed by atoms with Crippen LogP contribution in [0.3, 0.4) is 0 Å². The number of ether oxygens (including phenoxy) is 2. The second kappa shape index (κ2) is 11.0. The number of rotatable bonds is 7. The lowest BCUT2D eigenvalue weighted by molar-refractivity contribution is 0.0365. The molecule has 0 spiro atoms. The van der Waals surface area contributed by atoms with E-state index in [1.807, 2.05) is 36.7 Å². The molecular weight excluding hydrogens is 490 g/mol. The molecule has 2 saturated heterocycles. The lowest BCUT2D eigenvalue weighted by Crippen LogP contribution is -2.38. The van der Waals surface area contributed by atoms with Crippen molar-refractivity contribution in [1.29, 1.82) is 0 Å². The van der Waals surface area contributed by atoms with E-state index in [4.69, 9.17) is 36.0 Å². The van der Waals surface area contributed by atoms with Gasteiger partial charge < -0.3 is 24.3 Å². The largest absolute Gasteiger partial charge is 0.379 e. The summed E-state index contributed by atoms with van der Waals surface area (Å²) in [5.74, 6) is 1.42. The highest BCUT2D eigenvalue weighted by molar-refractivity contribution is 6.30. The van der Waals surface area contributed by atoms with Crippen molar-refractivity contribution in [3.05, 3.63) is 59.9 Å². The molecule has 2 aliphatic heterocycles. The highest BCUT2D eigenvalue weighted by atomic mass is 35.5. The van der Waals surface area contributed by atoms with Crippen LogP contribution in [-0.2, 0) is 16.0 Å². The van der Waals surface area contributed by atoms with Crippen molar-refractivity contribution in [3.8, 4) is 11.3 Å². The number of hydrogen-bond acceptors (Lipinski definition) is 8. The van der Waals surface area contributed by atoms with Crippen molar-refractivity contribution in [2.75, 3.05) is 69.4 Å². The molecule has 0 bridgehead atoms. The van der Waals surface area contributed by atoms with Gasteiger partial charge in [-0.25, -0.2) is 9.97 Å². The van der Waals surface area contributed by atoms with Crippen LogP contribution in [0.25, 0.3) is 22.3 Å². The van der Waals surface area contributed by atoms with Gasteiger partial charge in [0.15, 0.2) is 0 Å². The molecule has 4 aromatic rings. The summed E-state index contributed by atoms with van der Waals surface area (Å²) >= 11 is 6.07. The Bertz CT molecular complexity index is 1350. The molecule has 10 heteroatoms. The molecule has 37 heavy (non-hydrogen) atoms. The van der Waals surface area contributed by atoms with Crippen LogP contribution in [0.1, 0.15) is 0 Å². The molecule has 0 unspecified atom stereocenters. The van der Waals surface area contributed by atoms with Crippen LogP contribution in [-0.4, -0.2) is 83.6 Å². The quantitative estimate of drug-likeness (QED) is 0.391. The van der Waals surface area contributed by atoms with Crippen LogP contribution in [0, 0.1) is 0 Å². The number of nitrogens with one attached hydrogen (secondary N) is 1. The zero-order valence-electron chi connectivity index (χ0n) is 20.6. The molecule has 0 atom stereocenters. The van der Waals surface area contributed by atoms with E-state index in [9.17, 15) is 0 Å². The molecular formula is C27H30ClN7O2. The monoisotopic (exact) mass is 519 g/mol. The van der Waals surface area contributed by atoms with Crippen molar-refractivity contribution in [1.82, 2.24) is 24.4 Å². The van der Waals surface area contributed by atoms with Gasteiger partial charge in [-0.15, -0.1) is 0 Å². The first kappa shape index (κ1) is 24.1. The van der Waals surface area contributed by atoms with Gasteiger partial charge >= 0.3 is 0 Å². The van der Waals surface area contributed by atoms with Gasteiger partial charge in [-0.1, -0.05) is 17.7 Å². The van der Waals surface area contributed by atoms with Gasteiger partial charge in [0.2, 0.25) is 5.95 Å². The summed E-state index contributed by atoms with van der Waals surface area (Å²) in [4.78, 5) is 19.1. The molecule has 2 aliphatic rings. The molecule has 0 saturated carbocycles. The fourth-order valence-corrected chi connectivity index (χ4v) is 4.83. The first-order valence-corrected chi connectivity index (χ1v) is 13.1. The normalized spacial score (nSPS) is 16.8. The standard InChI is InChI=1S/C27H30ClN7O2/c28-21-2-4-22(5-3-21)30-26-18-23(31-27(32-26)34-11-15-37-16-12-34)20-1-6-25-24(17-20)29-19-35(25)8-7-33-9-13-36-14-10-33/h1-6,17-19H,7-16H2,(H,30,31,32). The van der Waals surface area contributed by atoms with Crippen LogP contribution < -0.4 is 10.2 Å². The van der Waals surface area contributed by atoms with E-state index >= 15 is 0 Å². The Balaban J connectivity index is 1.28. The highest BCUT2D eigenvalue weighted by Crippen LogP contribution is 2.28. The molecule has 6 rings (SSSR count). The van der Waals surface area contributed by atoms with E-state index in [1.54, 1.807) is 0 Å². The molecule has 1 N–H and O–H groups in total. The zero-order valence-corrected chi connectivity index (χ0v) is 21.4. The van der Waals surface area contributed by atoms with Gasteiger partial charge in [-0.3, -0.25) is 4.90 Å². The maximum Gasteiger partial charge on any atom is 0.228 e. The predicted octanol–water partition coefficient (Wildman–Crippen LogP) is 4.06. The molecule has 2 fully saturated rings. The number of anilines is 3. The van der Waals surface area contributed by atoms with E-state index in [0.29, 0.717) is 24.2 Å². The van der Waals surface area contributed by atoms with Crippen molar-refractivity contribution >= 4 is 40.1 Å². The lowest BCUT2D eigenvalue weighted by Gasteiger charge is -2.27. The number of fused-ring (bicyclic) bond motifs is 1. The minimum absolute atomic E-state index is 0.668. The van der Waals surface area contributed by atoms with Crippen LogP contribution in [0.4, 0.5) is 17.5 Å². The maximum absolute atomic E-state index is 6.07. The highest BCUT2D eigenvalue weighted by Gasteiger charge is 2.17. The summed E-state index contributed by atoms with van der Waals surface area (Å²) in [7, 11) is 0. The summed E-state index contributed by atoms with van der Waals surface area (Å²) in [6.07, 6.45) is 1.93. The van der Waals surface area contributed by atoms with Crippen molar-refractivity contribution < 1.29 is 9.47 Å². The smallest absolute Gasteiger partial charge is 0.228 e. The number of hydrogen-bond donors (Lipinski definition) is 1. The van der Waals surface area contributed by atoms with Crippen LogP contribution in [0.2, 0.25) is 5.02 Å². The van der Waals surface area contributed by atoms with Crippen LogP contribution in [0.15, 0.2) is 54.9 Å². The molecule has 2 aromatic heterocycles. The molecule has 192 valence electrons. The van der Waals surface area contributed by atoms with Gasteiger partial charge in [-0.2, -0.15) is 4.98 Å². The van der Waals surface area contributed by atoms with E-state index < -0.39 is 0 Å². The first-order chi connectivity index (χ1) is 18.2. The maximum atomic E-state index is 6.07. The fourth-order valence-electron chi connectivity index (χ4n) is 4.71. The van der Waals surface area contributed by atoms with Crippen LogP contribution in [0.5, 0.6) is 0 Å². The summed E-state index contributed by atoms with van der Waals surface area (Å²) in [5, 5.41) is 4.10. The Hall–Kier alpha value is -3.24. The van der Waals surface area contributed by atoms with E-state index in [0.717, 1.165) is 86.3 Å². The zero-order chi connectivity index (χ0) is 25.0. The van der Waals surface area contributed by atoms with E-state index in [1.165, 1.54) is 0 Å². The summed E-state index contributed by atoms with van der Waals surface area (Å²) in [6.45, 7) is 8.35. The first-order valence-electron chi connectivity index (χ1n) is 12.7. The summed E-state index contributed by atoms with van der Waals surface area (Å²) in [6, 6.07) is 15.9. The van der Waals surface area contributed by atoms with Gasteiger partial charge in [0, 0.05) is 61.6 Å². The second-order valence-corrected chi connectivity index (χ2v) is 9.70. The van der Waals surface area contributed by atoms with Gasteiger partial charge in [0.25, 0.3) is 0 Å². The van der Waals surface area contributed by atoms with Crippen LogP contribution >= 0.6 is 11.6 Å². The Kier molecular flexibility index (Phi) is 7.18. The average Bonchev–Trinajstić information content (AvgIpc) is 3.36. The lowest BCUT2D eigenvalue weighted by atomic mass is 10.1. The van der Waals surface area contributed by atoms with Crippen molar-refractivity contribution in [3.63, 3.8) is 0 Å². The summed E-state index contributed by atoms with van der Waals surface area (Å²) in [5.41, 5.74) is 4.84. The number of benzene rings is 2. The van der Waals surface area contributed by atoms with E-state index in [-0.39, 0.29) is 0 Å². The molecule has 0 aliphatic carbocycles. The number of imidazole rings is 1. The average molecular weight is 520 g/mol. The van der Waals surface area contributed by atoms with Gasteiger partial charge in [-0.05, 0) is 36.4 Å². The molecule has 2 aromatic carbocycles. The third-order valence-electron chi connectivity index (χ3n) is 6.80. The number of halogens is 1. The Morgan fingerprint density at radius 3 is 2.38 bits per heavy atom. The Morgan fingerprint density at radius 1 is 0.838 bits per heavy atom. The topological polar surface area (TPSA) is 80.6 Å². The van der Waals surface area contributed by atoms with Gasteiger partial charge in [0.05, 0.1) is 49.5 Å². The number of aromatic nitrogens is 4. The molecule has 0 radical (unpaired) electrons. The minimum atomic E-state index is 0.668. The SMILES string of the molecule is Clc1ccc(Nc2cc(-c3ccc4c(c3)ncn4CCN3CCOCC3)nc(N3CCOCC3)n2)cc1. The summed E-state index contributed by atoms with van der Waals surface area (Å²) < 4.78 is 13.2. The second-order valence-electron chi connectivity index (χ2n) is 9.27.